The van der Waals surface area contributed by atoms with Crippen LogP contribution in [0.1, 0.15) is 19.8 Å². The van der Waals surface area contributed by atoms with Crippen LogP contribution < -0.4 is 4.90 Å². The van der Waals surface area contributed by atoms with Crippen molar-refractivity contribution in [3.8, 4) is 0 Å². The first kappa shape index (κ1) is 15.4. The maximum atomic E-state index is 12.7. The molecule has 4 nitrogen and oxygen atoms in total. The highest BCUT2D eigenvalue weighted by atomic mass is 35.5. The lowest BCUT2D eigenvalue weighted by Crippen LogP contribution is -2.39. The van der Waals surface area contributed by atoms with Crippen molar-refractivity contribution in [1.82, 2.24) is 4.90 Å². The van der Waals surface area contributed by atoms with Crippen molar-refractivity contribution in [2.75, 3.05) is 18.0 Å². The number of nitrogens with zero attached hydrogens (tertiary/aromatic N) is 2. The lowest BCUT2D eigenvalue weighted by Gasteiger charge is -2.33. The lowest BCUT2D eigenvalue weighted by atomic mass is 10.00. The standard InChI is InChI=1S/C16H16Cl2N2O2/c1-10-4-3-7-19(9-10)14-13(18)15(21)20(16(14)22)12-6-2-5-11(17)8-12/h2,5-6,8,10H,3-4,7,9H2,1H3/t10-/m1/s1. The van der Waals surface area contributed by atoms with Crippen molar-refractivity contribution >= 4 is 40.7 Å². The second-order valence-electron chi connectivity index (χ2n) is 5.78. The molecule has 0 spiro atoms. The summed E-state index contributed by atoms with van der Waals surface area (Å²) in [6.07, 6.45) is 2.12. The van der Waals surface area contributed by atoms with Gasteiger partial charge in [0.05, 0.1) is 5.69 Å². The van der Waals surface area contributed by atoms with Crippen LogP contribution in [-0.2, 0) is 9.59 Å². The molecule has 1 aromatic rings. The molecule has 1 fully saturated rings. The van der Waals surface area contributed by atoms with Crippen LogP contribution in [0.15, 0.2) is 35.0 Å². The molecular formula is C16H16Cl2N2O2. The van der Waals surface area contributed by atoms with Crippen molar-refractivity contribution in [3.05, 3.63) is 40.0 Å². The van der Waals surface area contributed by atoms with E-state index in [2.05, 4.69) is 6.92 Å². The van der Waals surface area contributed by atoms with Gasteiger partial charge in [-0.2, -0.15) is 0 Å². The topological polar surface area (TPSA) is 40.6 Å². The summed E-state index contributed by atoms with van der Waals surface area (Å²) in [4.78, 5) is 28.2. The Bertz CT molecular complexity index is 672. The fourth-order valence-electron chi connectivity index (χ4n) is 3.01. The molecule has 22 heavy (non-hydrogen) atoms. The van der Waals surface area contributed by atoms with Gasteiger partial charge in [-0.25, -0.2) is 4.90 Å². The number of anilines is 1. The largest absolute Gasteiger partial charge is 0.365 e. The quantitative estimate of drug-likeness (QED) is 0.776. The third-order valence-corrected chi connectivity index (χ3v) is 4.62. The zero-order valence-electron chi connectivity index (χ0n) is 12.2. The van der Waals surface area contributed by atoms with Gasteiger partial charge in [0.15, 0.2) is 0 Å². The van der Waals surface area contributed by atoms with Crippen molar-refractivity contribution in [2.24, 2.45) is 5.92 Å². The van der Waals surface area contributed by atoms with Crippen LogP contribution in [0, 0.1) is 5.92 Å². The molecule has 0 radical (unpaired) electrons. The highest BCUT2D eigenvalue weighted by molar-refractivity contribution is 6.52. The SMILES string of the molecule is C[C@@H]1CCCN(C2=C(Cl)C(=O)N(c3cccc(Cl)c3)C2=O)C1. The molecule has 116 valence electrons. The summed E-state index contributed by atoms with van der Waals surface area (Å²) in [5.41, 5.74) is 0.763. The van der Waals surface area contributed by atoms with Crippen LogP contribution in [0.4, 0.5) is 5.69 Å². The van der Waals surface area contributed by atoms with E-state index in [1.54, 1.807) is 24.3 Å². The Hall–Kier alpha value is -1.52. The molecule has 3 rings (SSSR count). The predicted molar refractivity (Wildman–Crippen MR) is 86.8 cm³/mol. The number of hydrogen-bond donors (Lipinski definition) is 0. The van der Waals surface area contributed by atoms with Crippen molar-refractivity contribution in [3.63, 3.8) is 0 Å². The first-order valence-electron chi connectivity index (χ1n) is 7.28. The number of benzene rings is 1. The molecule has 0 aromatic heterocycles. The minimum Gasteiger partial charge on any atom is -0.365 e. The predicted octanol–water partition coefficient (Wildman–Crippen LogP) is 3.40. The molecule has 0 saturated carbocycles. The minimum absolute atomic E-state index is 0.000856. The van der Waals surface area contributed by atoms with Crippen molar-refractivity contribution in [2.45, 2.75) is 19.8 Å². The molecule has 0 aliphatic carbocycles. The highest BCUT2D eigenvalue weighted by Gasteiger charge is 2.42. The fraction of sp³-hybridized carbons (Fsp3) is 0.375. The summed E-state index contributed by atoms with van der Waals surface area (Å²) in [6.45, 7) is 3.63. The number of imide groups is 1. The van der Waals surface area contributed by atoms with Crippen molar-refractivity contribution < 1.29 is 9.59 Å². The molecule has 1 atom stereocenters. The van der Waals surface area contributed by atoms with E-state index in [-0.39, 0.29) is 10.9 Å². The van der Waals surface area contributed by atoms with Gasteiger partial charge in [0.1, 0.15) is 10.7 Å². The normalized spacial score (nSPS) is 22.8. The highest BCUT2D eigenvalue weighted by Crippen LogP contribution is 2.33. The number of carbonyl (C=O) groups excluding carboxylic acids is 2. The number of likely N-dealkylation sites (tertiary alicyclic amines) is 1. The van der Waals surface area contributed by atoms with Gasteiger partial charge in [-0.15, -0.1) is 0 Å². The Kier molecular flexibility index (Phi) is 4.15. The summed E-state index contributed by atoms with van der Waals surface area (Å²) >= 11 is 12.1. The molecule has 1 aromatic carbocycles. The Labute approximate surface area is 139 Å². The number of piperidine rings is 1. The van der Waals surface area contributed by atoms with E-state index >= 15 is 0 Å². The maximum absolute atomic E-state index is 12.7. The smallest absolute Gasteiger partial charge is 0.283 e. The summed E-state index contributed by atoms with van der Waals surface area (Å²) < 4.78 is 0. The Balaban J connectivity index is 1.93. The Morgan fingerprint density at radius 2 is 1.95 bits per heavy atom. The van der Waals surface area contributed by atoms with E-state index in [1.165, 1.54) is 0 Å². The molecule has 2 aliphatic heterocycles. The Morgan fingerprint density at radius 3 is 2.64 bits per heavy atom. The molecular weight excluding hydrogens is 323 g/mol. The van der Waals surface area contributed by atoms with Crippen LogP contribution in [0.5, 0.6) is 0 Å². The number of carbonyl (C=O) groups is 2. The van der Waals surface area contributed by atoms with Crippen LogP contribution in [0.25, 0.3) is 0 Å². The minimum atomic E-state index is -0.484. The van der Waals surface area contributed by atoms with E-state index in [4.69, 9.17) is 23.2 Å². The van der Waals surface area contributed by atoms with E-state index in [1.807, 2.05) is 4.90 Å². The van der Waals surface area contributed by atoms with Gasteiger partial charge in [0, 0.05) is 18.1 Å². The molecule has 0 N–H and O–H groups in total. The molecule has 2 aliphatic rings. The Morgan fingerprint density at radius 1 is 1.18 bits per heavy atom. The second-order valence-corrected chi connectivity index (χ2v) is 6.60. The van der Waals surface area contributed by atoms with Gasteiger partial charge in [-0.1, -0.05) is 36.2 Å². The first-order valence-corrected chi connectivity index (χ1v) is 8.03. The zero-order chi connectivity index (χ0) is 15.9. The van der Waals surface area contributed by atoms with Gasteiger partial charge in [-0.05, 0) is 37.0 Å². The molecule has 2 amide bonds. The zero-order valence-corrected chi connectivity index (χ0v) is 13.7. The van der Waals surface area contributed by atoms with Crippen LogP contribution >= 0.6 is 23.2 Å². The van der Waals surface area contributed by atoms with Crippen LogP contribution in [0.2, 0.25) is 5.02 Å². The van der Waals surface area contributed by atoms with E-state index < -0.39 is 5.91 Å². The van der Waals surface area contributed by atoms with E-state index in [0.717, 1.165) is 30.8 Å². The molecule has 6 heteroatoms. The van der Waals surface area contributed by atoms with E-state index in [0.29, 0.717) is 22.3 Å². The average molecular weight is 339 g/mol. The third kappa shape index (κ3) is 2.61. The van der Waals surface area contributed by atoms with Crippen LogP contribution in [0.3, 0.4) is 0 Å². The number of hydrogen-bond acceptors (Lipinski definition) is 3. The summed E-state index contributed by atoms with van der Waals surface area (Å²) in [7, 11) is 0. The summed E-state index contributed by atoms with van der Waals surface area (Å²) in [5, 5.41) is 0.466. The molecule has 0 bridgehead atoms. The van der Waals surface area contributed by atoms with Gasteiger partial charge in [0.25, 0.3) is 11.8 Å². The second kappa shape index (κ2) is 5.94. The van der Waals surface area contributed by atoms with Gasteiger partial charge in [0.2, 0.25) is 0 Å². The van der Waals surface area contributed by atoms with E-state index in [9.17, 15) is 9.59 Å². The van der Waals surface area contributed by atoms with Gasteiger partial charge in [-0.3, -0.25) is 9.59 Å². The first-order chi connectivity index (χ1) is 10.5. The number of rotatable bonds is 2. The fourth-order valence-corrected chi connectivity index (χ4v) is 3.48. The summed E-state index contributed by atoms with van der Waals surface area (Å²) in [5.74, 6) is -0.373. The average Bonchev–Trinajstić information content (AvgIpc) is 2.69. The third-order valence-electron chi connectivity index (χ3n) is 4.04. The number of amides is 2. The lowest BCUT2D eigenvalue weighted by molar-refractivity contribution is -0.121. The number of halogens is 2. The molecule has 2 heterocycles. The monoisotopic (exact) mass is 338 g/mol. The summed E-state index contributed by atoms with van der Waals surface area (Å²) in [6, 6.07) is 6.66. The maximum Gasteiger partial charge on any atom is 0.283 e. The molecule has 1 saturated heterocycles. The van der Waals surface area contributed by atoms with Gasteiger partial charge < -0.3 is 4.90 Å². The van der Waals surface area contributed by atoms with Crippen molar-refractivity contribution in [1.29, 1.82) is 0 Å². The van der Waals surface area contributed by atoms with Gasteiger partial charge >= 0.3 is 0 Å². The molecule has 0 unspecified atom stereocenters. The van der Waals surface area contributed by atoms with Crippen LogP contribution in [-0.4, -0.2) is 29.8 Å².